The summed E-state index contributed by atoms with van der Waals surface area (Å²) in [6, 6.07) is 25.5. The summed E-state index contributed by atoms with van der Waals surface area (Å²) < 4.78 is 14.2. The van der Waals surface area contributed by atoms with E-state index in [9.17, 15) is 9.59 Å². The number of methoxy groups -OCH3 is 1. The first-order valence-corrected chi connectivity index (χ1v) is 14.0. The summed E-state index contributed by atoms with van der Waals surface area (Å²) in [6.45, 7) is 5.86. The molecule has 0 aliphatic carbocycles. The summed E-state index contributed by atoms with van der Waals surface area (Å²) in [5.41, 5.74) is 4.00. The number of aromatic nitrogens is 2. The fraction of sp³-hybridized carbons (Fsp3) is 0.333. The van der Waals surface area contributed by atoms with Crippen LogP contribution in [0, 0.1) is 0 Å². The van der Waals surface area contributed by atoms with Gasteiger partial charge >= 0.3 is 11.7 Å². The molecule has 3 aromatic carbocycles. The van der Waals surface area contributed by atoms with Gasteiger partial charge in [-0.25, -0.2) is 9.59 Å². The lowest BCUT2D eigenvalue weighted by Crippen LogP contribution is -2.40. The molecule has 1 fully saturated rings. The first-order valence-electron chi connectivity index (χ1n) is 14.0. The van der Waals surface area contributed by atoms with E-state index in [2.05, 4.69) is 17.0 Å². The first kappa shape index (κ1) is 27.5. The quantitative estimate of drug-likeness (QED) is 0.254. The molecule has 0 N–H and O–H groups in total. The van der Waals surface area contributed by atoms with Crippen LogP contribution in [-0.4, -0.2) is 46.8 Å². The van der Waals surface area contributed by atoms with Crippen molar-refractivity contribution in [3.05, 3.63) is 118 Å². The van der Waals surface area contributed by atoms with Crippen molar-refractivity contribution in [1.82, 2.24) is 14.0 Å². The van der Waals surface area contributed by atoms with Gasteiger partial charge in [-0.2, -0.15) is 0 Å². The van der Waals surface area contributed by atoms with Gasteiger partial charge in [0.1, 0.15) is 11.8 Å². The van der Waals surface area contributed by atoms with Crippen molar-refractivity contribution in [2.75, 3.05) is 26.8 Å². The summed E-state index contributed by atoms with van der Waals surface area (Å²) >= 11 is 0. The highest BCUT2D eigenvalue weighted by Crippen LogP contribution is 2.33. The van der Waals surface area contributed by atoms with Crippen LogP contribution >= 0.6 is 0 Å². The molecule has 5 rings (SSSR count). The summed E-state index contributed by atoms with van der Waals surface area (Å²) in [4.78, 5) is 28.4. The molecule has 1 saturated heterocycles. The Hall–Kier alpha value is -4.10. The molecule has 1 aliphatic heterocycles. The zero-order valence-electron chi connectivity index (χ0n) is 23.4. The molecule has 0 saturated carbocycles. The number of ether oxygens (including phenoxy) is 2. The van der Waals surface area contributed by atoms with Crippen LogP contribution in [0.5, 0.6) is 5.75 Å². The fourth-order valence-electron chi connectivity index (χ4n) is 5.69. The van der Waals surface area contributed by atoms with E-state index in [1.807, 2.05) is 93.0 Å². The van der Waals surface area contributed by atoms with Gasteiger partial charge in [0.15, 0.2) is 0 Å². The number of benzene rings is 3. The van der Waals surface area contributed by atoms with Gasteiger partial charge in [0, 0.05) is 12.4 Å². The van der Waals surface area contributed by atoms with Gasteiger partial charge in [-0.1, -0.05) is 54.6 Å². The number of carbonyl (C=O) groups is 1. The monoisotopic (exact) mass is 539 g/mol. The molecule has 40 heavy (non-hydrogen) atoms. The van der Waals surface area contributed by atoms with Crippen molar-refractivity contribution in [2.45, 2.75) is 44.7 Å². The summed E-state index contributed by atoms with van der Waals surface area (Å²) in [6.07, 6.45) is 5.57. The zero-order chi connectivity index (χ0) is 28.1. The van der Waals surface area contributed by atoms with E-state index in [0.29, 0.717) is 12.5 Å². The van der Waals surface area contributed by atoms with Gasteiger partial charge in [0.05, 0.1) is 25.4 Å². The smallest absolute Gasteiger partial charge is 0.333 e. The first-order chi connectivity index (χ1) is 19.5. The Labute approximate surface area is 235 Å². The molecule has 1 aliphatic rings. The minimum absolute atomic E-state index is 0.0812. The Morgan fingerprint density at radius 2 is 1.62 bits per heavy atom. The van der Waals surface area contributed by atoms with E-state index in [1.54, 1.807) is 16.2 Å². The molecule has 0 bridgehead atoms. The largest absolute Gasteiger partial charge is 0.497 e. The van der Waals surface area contributed by atoms with Crippen LogP contribution in [0.3, 0.4) is 0 Å². The lowest BCUT2D eigenvalue weighted by atomic mass is 9.88. The number of imidazole rings is 1. The normalized spacial score (nSPS) is 15.9. The van der Waals surface area contributed by atoms with Gasteiger partial charge in [0.2, 0.25) is 0 Å². The molecule has 0 spiro atoms. The molecule has 1 unspecified atom stereocenters. The average molecular weight is 540 g/mol. The number of likely N-dealkylation sites (tertiary alicyclic amines) is 1. The molecule has 2 atom stereocenters. The third kappa shape index (κ3) is 5.75. The second-order valence-corrected chi connectivity index (χ2v) is 10.3. The lowest BCUT2D eigenvalue weighted by Gasteiger charge is -2.36. The van der Waals surface area contributed by atoms with Crippen molar-refractivity contribution in [1.29, 1.82) is 0 Å². The van der Waals surface area contributed by atoms with Crippen LogP contribution in [0.4, 0.5) is 0 Å². The van der Waals surface area contributed by atoms with E-state index in [1.165, 1.54) is 5.56 Å². The predicted octanol–water partition coefficient (Wildman–Crippen LogP) is 5.74. The van der Waals surface area contributed by atoms with Crippen LogP contribution in [0.2, 0.25) is 0 Å². The number of esters is 1. The number of nitrogens with zero attached hydrogens (tertiary/aromatic N) is 3. The molecule has 7 heteroatoms. The van der Waals surface area contributed by atoms with Gasteiger partial charge in [-0.15, -0.1) is 0 Å². The molecular weight excluding hydrogens is 502 g/mol. The van der Waals surface area contributed by atoms with E-state index in [4.69, 9.17) is 9.47 Å². The maximum absolute atomic E-state index is 13.3. The van der Waals surface area contributed by atoms with Gasteiger partial charge in [-0.05, 0) is 86.7 Å². The average Bonchev–Trinajstić information content (AvgIpc) is 3.39. The van der Waals surface area contributed by atoms with Crippen LogP contribution in [0.15, 0.2) is 96.1 Å². The molecule has 4 aromatic rings. The van der Waals surface area contributed by atoms with Crippen molar-refractivity contribution < 1.29 is 14.3 Å². The number of rotatable bonds is 9. The van der Waals surface area contributed by atoms with Gasteiger partial charge < -0.3 is 9.47 Å². The third-order valence-electron chi connectivity index (χ3n) is 7.96. The van der Waals surface area contributed by atoms with Crippen LogP contribution in [0.25, 0.3) is 5.69 Å². The summed E-state index contributed by atoms with van der Waals surface area (Å²) in [5, 5.41) is 0. The fourth-order valence-corrected chi connectivity index (χ4v) is 5.69. The molecule has 0 radical (unpaired) electrons. The minimum Gasteiger partial charge on any atom is -0.497 e. The van der Waals surface area contributed by atoms with Gasteiger partial charge in [-0.3, -0.25) is 14.0 Å². The number of piperidine rings is 1. The Morgan fingerprint density at radius 3 is 2.30 bits per heavy atom. The number of carbonyl (C=O) groups excluding carboxylic acids is 1. The van der Waals surface area contributed by atoms with Crippen LogP contribution in [0.1, 0.15) is 61.4 Å². The zero-order valence-corrected chi connectivity index (χ0v) is 23.4. The molecule has 1 aromatic heterocycles. The van der Waals surface area contributed by atoms with Crippen molar-refractivity contribution in [3.8, 4) is 11.4 Å². The summed E-state index contributed by atoms with van der Waals surface area (Å²) in [5.74, 6) is 0.989. The second-order valence-electron chi connectivity index (χ2n) is 10.3. The van der Waals surface area contributed by atoms with Crippen molar-refractivity contribution in [2.24, 2.45) is 0 Å². The molecular formula is C33H37N3O4. The number of hydrogen-bond donors (Lipinski definition) is 0. The highest BCUT2D eigenvalue weighted by atomic mass is 16.5. The molecule has 7 nitrogen and oxygen atoms in total. The minimum atomic E-state index is -0.375. The lowest BCUT2D eigenvalue weighted by molar-refractivity contribution is -0.150. The Morgan fingerprint density at radius 1 is 0.925 bits per heavy atom. The van der Waals surface area contributed by atoms with E-state index in [-0.39, 0.29) is 23.7 Å². The van der Waals surface area contributed by atoms with E-state index < -0.39 is 0 Å². The second kappa shape index (κ2) is 12.4. The topological polar surface area (TPSA) is 65.7 Å². The van der Waals surface area contributed by atoms with Crippen LogP contribution in [-0.2, 0) is 9.53 Å². The highest BCUT2D eigenvalue weighted by Gasteiger charge is 2.32. The molecule has 208 valence electrons. The number of hydrogen-bond acceptors (Lipinski definition) is 5. The highest BCUT2D eigenvalue weighted by molar-refractivity contribution is 5.77. The van der Waals surface area contributed by atoms with Crippen LogP contribution < -0.4 is 10.4 Å². The third-order valence-corrected chi connectivity index (χ3v) is 7.96. The maximum Gasteiger partial charge on any atom is 0.333 e. The van der Waals surface area contributed by atoms with Crippen molar-refractivity contribution >= 4 is 5.97 Å². The summed E-state index contributed by atoms with van der Waals surface area (Å²) in [7, 11) is 1.64. The molecule has 0 amide bonds. The van der Waals surface area contributed by atoms with E-state index >= 15 is 0 Å². The predicted molar refractivity (Wildman–Crippen MR) is 156 cm³/mol. The Kier molecular flexibility index (Phi) is 8.51. The SMILES string of the molecule is CCOC(=O)C(c1ccccc1)N1CCC(c2ccc(-n3ccn([C@@H](C)c4cccc(OC)c4)c3=O)cc2)CC1. The Bertz CT molecular complexity index is 1470. The molecule has 2 heterocycles. The van der Waals surface area contributed by atoms with Gasteiger partial charge in [0.25, 0.3) is 0 Å². The van der Waals surface area contributed by atoms with E-state index in [0.717, 1.165) is 48.5 Å². The standard InChI is InChI=1S/C33H37N3O4/c1-4-40-32(37)31(27-9-6-5-7-10-27)34-19-17-26(18-20-34)25-13-15-29(16-14-25)36-22-21-35(33(36)38)24(2)28-11-8-12-30(23-28)39-3/h5-16,21-24,26,31H,4,17-20H2,1-3H3/t24-,31?/m0/s1. The van der Waals surface area contributed by atoms with Crippen molar-refractivity contribution in [3.63, 3.8) is 0 Å². The maximum atomic E-state index is 13.3. The Balaban J connectivity index is 1.27.